The van der Waals surface area contributed by atoms with Crippen molar-refractivity contribution in [2.24, 2.45) is 23.7 Å². The summed E-state index contributed by atoms with van der Waals surface area (Å²) in [5.41, 5.74) is 0.987. The van der Waals surface area contributed by atoms with Crippen LogP contribution in [0.1, 0.15) is 169 Å². The molecule has 282 valence electrons. The number of carbonyl (C=O) groups excluding carboxylic acids is 2. The third-order valence-electron chi connectivity index (χ3n) is 10.7. The maximum absolute atomic E-state index is 13.0. The highest BCUT2D eigenvalue weighted by atomic mass is 16.6. The molecule has 0 bridgehead atoms. The van der Waals surface area contributed by atoms with Gasteiger partial charge in [-0.05, 0) is 55.6 Å². The molecule has 0 radical (unpaired) electrons. The van der Waals surface area contributed by atoms with Gasteiger partial charge in [0.15, 0.2) is 0 Å². The lowest BCUT2D eigenvalue weighted by atomic mass is 9.66. The fourth-order valence-electron chi connectivity index (χ4n) is 7.45. The highest BCUT2D eigenvalue weighted by molar-refractivity contribution is 5.72. The van der Waals surface area contributed by atoms with Crippen molar-refractivity contribution in [1.29, 1.82) is 0 Å². The van der Waals surface area contributed by atoms with E-state index < -0.39 is 36.8 Å². The second-order valence-electron chi connectivity index (χ2n) is 15.0. The van der Waals surface area contributed by atoms with E-state index in [-0.39, 0.29) is 42.0 Å². The van der Waals surface area contributed by atoms with Gasteiger partial charge in [-0.3, -0.25) is 14.4 Å². The van der Waals surface area contributed by atoms with Crippen LogP contribution < -0.4 is 0 Å². The molecule has 3 N–H and O–H groups in total. The predicted octanol–water partition coefficient (Wildman–Crippen LogP) is 9.25. The number of aliphatic hydroxyl groups is 2. The predicted molar refractivity (Wildman–Crippen MR) is 195 cm³/mol. The number of ether oxygens (including phenoxy) is 2. The van der Waals surface area contributed by atoms with Crippen LogP contribution in [0, 0.1) is 23.7 Å². The Labute approximate surface area is 297 Å². The van der Waals surface area contributed by atoms with E-state index in [1.54, 1.807) is 0 Å². The fraction of sp³-hybridized carbons (Fsp3) is 0.829. The summed E-state index contributed by atoms with van der Waals surface area (Å²) in [6.07, 6.45) is 24.5. The molecule has 0 aliphatic heterocycles. The third kappa shape index (κ3) is 17.5. The first-order valence-corrected chi connectivity index (χ1v) is 19.9. The summed E-state index contributed by atoms with van der Waals surface area (Å²) >= 11 is 0. The van der Waals surface area contributed by atoms with Gasteiger partial charge in [0.25, 0.3) is 0 Å². The summed E-state index contributed by atoms with van der Waals surface area (Å²) in [4.78, 5) is 36.8. The number of hydrogen-bond donors (Lipinski definition) is 3. The summed E-state index contributed by atoms with van der Waals surface area (Å²) in [5.74, 6) is -1.69. The average Bonchev–Trinajstić information content (AvgIpc) is 3.05. The number of unbranched alkanes of at least 4 members (excludes halogenated alkanes) is 14. The van der Waals surface area contributed by atoms with Crippen LogP contribution >= 0.6 is 0 Å². The topological polar surface area (TPSA) is 130 Å². The van der Waals surface area contributed by atoms with Gasteiger partial charge in [0.05, 0.1) is 24.5 Å². The van der Waals surface area contributed by atoms with Gasteiger partial charge in [-0.25, -0.2) is 0 Å². The van der Waals surface area contributed by atoms with E-state index in [0.29, 0.717) is 32.1 Å². The maximum atomic E-state index is 13.0. The van der Waals surface area contributed by atoms with Crippen LogP contribution in [0.5, 0.6) is 0 Å². The van der Waals surface area contributed by atoms with Crippen molar-refractivity contribution in [2.75, 3.05) is 0 Å². The smallest absolute Gasteiger partial charge is 0.308 e. The number of aliphatic carboxylic acids is 1. The van der Waals surface area contributed by atoms with Gasteiger partial charge in [0.1, 0.15) is 12.2 Å². The highest BCUT2D eigenvalue weighted by Gasteiger charge is 2.43. The van der Waals surface area contributed by atoms with Gasteiger partial charge < -0.3 is 24.8 Å². The minimum absolute atomic E-state index is 0.000412. The number of allylic oxidation sites excluding steroid dienone is 2. The Morgan fingerprint density at radius 3 is 1.96 bits per heavy atom. The molecule has 0 saturated heterocycles. The van der Waals surface area contributed by atoms with Gasteiger partial charge in [-0.2, -0.15) is 0 Å². The Morgan fingerprint density at radius 2 is 1.41 bits per heavy atom. The molecular weight excluding hydrogens is 620 g/mol. The summed E-state index contributed by atoms with van der Waals surface area (Å²) in [7, 11) is 0. The molecule has 49 heavy (non-hydrogen) atoms. The van der Waals surface area contributed by atoms with Crippen LogP contribution in [0.15, 0.2) is 23.8 Å². The lowest BCUT2D eigenvalue weighted by Gasteiger charge is -2.43. The molecule has 0 saturated carbocycles. The second kappa shape index (κ2) is 24.9. The standard InChI is InChI=1S/C41H70O8/c1-5-7-8-9-10-11-12-13-14-15-16-17-18-19-20-21-39(46)48-35-26-32-23-22-31(4)36(25-24-33(42)27-34(43)28-38(44)45)40(32)37(29-35)49-41(47)30(3)6-2/h22-23,26,30-31,33-37,40,42-43H,5-21,24-25,27-29H2,1-4H3,(H,44,45)/t30-,31-,33+,34+,35+,36-,37-,40-/m0/s1. The number of carbonyl (C=O) groups is 3. The van der Waals surface area contributed by atoms with Crippen LogP contribution in [-0.4, -0.2) is 57.6 Å². The average molecular weight is 691 g/mol. The molecule has 0 aromatic heterocycles. The van der Waals surface area contributed by atoms with E-state index in [2.05, 4.69) is 26.0 Å². The molecule has 0 unspecified atom stereocenters. The van der Waals surface area contributed by atoms with Crippen molar-refractivity contribution in [1.82, 2.24) is 0 Å². The van der Waals surface area contributed by atoms with Crippen LogP contribution in [-0.2, 0) is 23.9 Å². The maximum Gasteiger partial charge on any atom is 0.308 e. The minimum Gasteiger partial charge on any atom is -0.481 e. The SMILES string of the molecule is CCCCCCCCCCCCCCCCCC(=O)O[C@@H]1C=C2C=C[C@H](C)[C@H](CC[C@@H](O)C[C@@H](O)CC(=O)O)[C@H]2[C@@H](OC(=O)[C@@H](C)CC)C1. The first-order chi connectivity index (χ1) is 23.5. The molecule has 8 heteroatoms. The van der Waals surface area contributed by atoms with Crippen molar-refractivity contribution in [3.8, 4) is 0 Å². The zero-order valence-electron chi connectivity index (χ0n) is 31.3. The van der Waals surface area contributed by atoms with Crippen molar-refractivity contribution >= 4 is 17.9 Å². The van der Waals surface area contributed by atoms with E-state index in [1.807, 2.05) is 19.9 Å². The molecule has 2 rings (SSSR count). The van der Waals surface area contributed by atoms with E-state index in [4.69, 9.17) is 14.6 Å². The quantitative estimate of drug-likeness (QED) is 0.0574. The van der Waals surface area contributed by atoms with Crippen molar-refractivity contribution in [3.63, 3.8) is 0 Å². The summed E-state index contributed by atoms with van der Waals surface area (Å²) in [6, 6.07) is 0. The monoisotopic (exact) mass is 691 g/mol. The number of carboxylic acids is 1. The molecule has 0 aromatic rings. The molecule has 2 aliphatic rings. The lowest BCUT2D eigenvalue weighted by Crippen LogP contribution is -2.44. The van der Waals surface area contributed by atoms with Gasteiger partial charge in [0.2, 0.25) is 0 Å². The zero-order chi connectivity index (χ0) is 36.0. The molecule has 8 nitrogen and oxygen atoms in total. The highest BCUT2D eigenvalue weighted by Crippen LogP contribution is 2.44. The number of esters is 2. The summed E-state index contributed by atoms with van der Waals surface area (Å²) < 4.78 is 12.1. The number of hydrogen-bond acceptors (Lipinski definition) is 7. The molecule has 0 amide bonds. The van der Waals surface area contributed by atoms with E-state index in [9.17, 15) is 24.6 Å². The Balaban J connectivity index is 1.83. The van der Waals surface area contributed by atoms with Crippen molar-refractivity contribution in [3.05, 3.63) is 23.8 Å². The Kier molecular flexibility index (Phi) is 21.8. The number of fused-ring (bicyclic) bond motifs is 1. The summed E-state index contributed by atoms with van der Waals surface area (Å²) in [5, 5.41) is 29.5. The lowest BCUT2D eigenvalue weighted by molar-refractivity contribution is -0.162. The number of rotatable bonds is 27. The minimum atomic E-state index is -1.10. The van der Waals surface area contributed by atoms with Gasteiger partial charge >= 0.3 is 17.9 Å². The molecule has 8 atom stereocenters. The number of carboxylic acid groups (broad SMARTS) is 1. The Hall–Kier alpha value is -2.19. The Morgan fingerprint density at radius 1 is 0.837 bits per heavy atom. The molecule has 0 spiro atoms. The zero-order valence-corrected chi connectivity index (χ0v) is 31.3. The van der Waals surface area contributed by atoms with Gasteiger partial charge in [0, 0.05) is 18.8 Å². The van der Waals surface area contributed by atoms with Crippen molar-refractivity contribution in [2.45, 2.75) is 193 Å². The van der Waals surface area contributed by atoms with Crippen LogP contribution in [0.4, 0.5) is 0 Å². The van der Waals surface area contributed by atoms with E-state index in [0.717, 1.165) is 24.8 Å². The van der Waals surface area contributed by atoms with Crippen LogP contribution in [0.3, 0.4) is 0 Å². The molecule has 2 aliphatic carbocycles. The second-order valence-corrected chi connectivity index (χ2v) is 15.0. The first kappa shape index (κ1) is 43.0. The van der Waals surface area contributed by atoms with Gasteiger partial charge in [-0.15, -0.1) is 0 Å². The van der Waals surface area contributed by atoms with Crippen LogP contribution in [0.2, 0.25) is 0 Å². The van der Waals surface area contributed by atoms with Crippen LogP contribution in [0.25, 0.3) is 0 Å². The normalized spacial score (nSPS) is 23.6. The largest absolute Gasteiger partial charge is 0.481 e. The first-order valence-electron chi connectivity index (χ1n) is 19.9. The fourth-order valence-corrected chi connectivity index (χ4v) is 7.45. The van der Waals surface area contributed by atoms with Crippen molar-refractivity contribution < 1.29 is 39.2 Å². The number of aliphatic hydroxyl groups excluding tert-OH is 2. The Bertz CT molecular complexity index is 1010. The molecule has 0 aromatic carbocycles. The molecule has 0 heterocycles. The third-order valence-corrected chi connectivity index (χ3v) is 10.7. The van der Waals surface area contributed by atoms with Gasteiger partial charge in [-0.1, -0.05) is 130 Å². The molecular formula is C41H70O8. The molecule has 0 fully saturated rings. The van der Waals surface area contributed by atoms with E-state index >= 15 is 0 Å². The summed E-state index contributed by atoms with van der Waals surface area (Å²) in [6.45, 7) is 8.19. The van der Waals surface area contributed by atoms with E-state index in [1.165, 1.54) is 77.0 Å².